The van der Waals surface area contributed by atoms with Crippen LogP contribution in [-0.4, -0.2) is 17.6 Å². The number of halogens is 1. The molecule has 1 atom stereocenters. The molecule has 0 amide bonds. The van der Waals surface area contributed by atoms with Crippen molar-refractivity contribution in [3.05, 3.63) is 33.5 Å². The van der Waals surface area contributed by atoms with Crippen LogP contribution < -0.4 is 5.32 Å². The van der Waals surface area contributed by atoms with Crippen LogP contribution in [0.15, 0.2) is 24.3 Å². The van der Waals surface area contributed by atoms with Gasteiger partial charge < -0.3 is 10.4 Å². The molecule has 1 rings (SSSR count). The number of carboxylic acid groups (broad SMARTS) is 1. The first-order valence-electron chi connectivity index (χ1n) is 4.40. The summed E-state index contributed by atoms with van der Waals surface area (Å²) in [6.45, 7) is 5.67. The fourth-order valence-electron chi connectivity index (χ4n) is 1.01. The lowest BCUT2D eigenvalue weighted by Crippen LogP contribution is -2.23. The number of thiophene rings is 1. The molecule has 0 aliphatic heterocycles. The van der Waals surface area contributed by atoms with Gasteiger partial charge in [0.05, 0.1) is 4.34 Å². The molecule has 0 radical (unpaired) electrons. The van der Waals surface area contributed by atoms with Gasteiger partial charge >= 0.3 is 5.97 Å². The molecule has 1 aromatic rings. The Kier molecular flexibility index (Phi) is 4.32. The van der Waals surface area contributed by atoms with E-state index >= 15 is 0 Å². The molecule has 0 bridgehead atoms. The van der Waals surface area contributed by atoms with Crippen molar-refractivity contribution in [3.63, 3.8) is 0 Å². The fourth-order valence-corrected chi connectivity index (χ4v) is 2.10. The van der Waals surface area contributed by atoms with Gasteiger partial charge in [-0.25, -0.2) is 4.79 Å². The summed E-state index contributed by atoms with van der Waals surface area (Å²) < 4.78 is 0.732. The van der Waals surface area contributed by atoms with Crippen LogP contribution in [0.5, 0.6) is 0 Å². The Balaban J connectivity index is 2.46. The average molecular weight is 246 g/mol. The van der Waals surface area contributed by atoms with Crippen molar-refractivity contribution in [1.29, 1.82) is 0 Å². The molecular weight excluding hydrogens is 234 g/mol. The van der Waals surface area contributed by atoms with Gasteiger partial charge in [0.15, 0.2) is 0 Å². The van der Waals surface area contributed by atoms with Gasteiger partial charge in [0.1, 0.15) is 0 Å². The second-order valence-electron chi connectivity index (χ2n) is 3.15. The summed E-state index contributed by atoms with van der Waals surface area (Å²) in [6, 6.07) is 3.83. The molecule has 15 heavy (non-hydrogen) atoms. The topological polar surface area (TPSA) is 49.3 Å². The molecule has 2 N–H and O–H groups in total. The third-order valence-electron chi connectivity index (χ3n) is 1.94. The van der Waals surface area contributed by atoms with Gasteiger partial charge in [-0.1, -0.05) is 18.2 Å². The molecule has 0 aromatic carbocycles. The minimum absolute atomic E-state index is 0.0820. The van der Waals surface area contributed by atoms with Gasteiger partial charge in [-0.2, -0.15) is 0 Å². The third kappa shape index (κ3) is 3.66. The quantitative estimate of drug-likeness (QED) is 0.785. The Morgan fingerprint density at radius 1 is 1.73 bits per heavy atom. The zero-order valence-electron chi connectivity index (χ0n) is 8.29. The maximum Gasteiger partial charge on any atom is 0.332 e. The Bertz CT molecular complexity index is 375. The maximum absolute atomic E-state index is 10.5. The summed E-state index contributed by atoms with van der Waals surface area (Å²) in [5.41, 5.74) is 0.157. The van der Waals surface area contributed by atoms with E-state index in [1.807, 2.05) is 19.1 Å². The van der Waals surface area contributed by atoms with Crippen LogP contribution in [0.2, 0.25) is 4.34 Å². The Morgan fingerprint density at radius 3 is 2.87 bits per heavy atom. The van der Waals surface area contributed by atoms with E-state index in [0.29, 0.717) is 0 Å². The smallest absolute Gasteiger partial charge is 0.332 e. The van der Waals surface area contributed by atoms with Crippen molar-refractivity contribution < 1.29 is 9.90 Å². The lowest BCUT2D eigenvalue weighted by molar-refractivity contribution is -0.132. The molecule has 0 saturated heterocycles. The SMILES string of the molecule is C=C(CNC(C)c1ccc(Cl)s1)C(=O)O. The Hall–Kier alpha value is -0.840. The van der Waals surface area contributed by atoms with Crippen LogP contribution in [0.3, 0.4) is 0 Å². The van der Waals surface area contributed by atoms with Crippen molar-refractivity contribution in [2.45, 2.75) is 13.0 Å². The van der Waals surface area contributed by atoms with Gasteiger partial charge in [-0.15, -0.1) is 11.3 Å². The van der Waals surface area contributed by atoms with E-state index in [0.717, 1.165) is 9.21 Å². The first-order valence-corrected chi connectivity index (χ1v) is 5.60. The molecule has 5 heteroatoms. The number of carbonyl (C=O) groups is 1. The molecule has 1 unspecified atom stereocenters. The number of nitrogens with one attached hydrogen (secondary N) is 1. The highest BCUT2D eigenvalue weighted by Gasteiger charge is 2.10. The highest BCUT2D eigenvalue weighted by atomic mass is 35.5. The lowest BCUT2D eigenvalue weighted by atomic mass is 10.2. The summed E-state index contributed by atoms with van der Waals surface area (Å²) in [5.74, 6) is -0.973. The van der Waals surface area contributed by atoms with Crippen LogP contribution in [0.4, 0.5) is 0 Å². The molecule has 0 aliphatic carbocycles. The van der Waals surface area contributed by atoms with Crippen molar-refractivity contribution in [3.8, 4) is 0 Å². The highest BCUT2D eigenvalue weighted by Crippen LogP contribution is 2.26. The van der Waals surface area contributed by atoms with Gasteiger partial charge in [0, 0.05) is 23.0 Å². The maximum atomic E-state index is 10.5. The van der Waals surface area contributed by atoms with E-state index in [2.05, 4.69) is 11.9 Å². The fraction of sp³-hybridized carbons (Fsp3) is 0.300. The molecule has 0 aliphatic rings. The molecule has 82 valence electrons. The predicted octanol–water partition coefficient (Wildman–Crippen LogP) is 2.69. The van der Waals surface area contributed by atoms with Crippen molar-refractivity contribution in [1.82, 2.24) is 5.32 Å². The number of hydrogen-bond acceptors (Lipinski definition) is 3. The summed E-state index contributed by atoms with van der Waals surface area (Å²) in [6.07, 6.45) is 0. The van der Waals surface area contributed by atoms with Crippen molar-refractivity contribution in [2.75, 3.05) is 6.54 Å². The van der Waals surface area contributed by atoms with Gasteiger partial charge in [-0.05, 0) is 19.1 Å². The van der Waals surface area contributed by atoms with Gasteiger partial charge in [0.25, 0.3) is 0 Å². The van der Waals surface area contributed by atoms with Crippen LogP contribution in [-0.2, 0) is 4.79 Å². The van der Waals surface area contributed by atoms with E-state index in [-0.39, 0.29) is 18.2 Å². The normalized spacial score (nSPS) is 12.4. The van der Waals surface area contributed by atoms with E-state index in [1.54, 1.807) is 0 Å². The molecule has 0 saturated carbocycles. The summed E-state index contributed by atoms with van der Waals surface area (Å²) >= 11 is 7.28. The summed E-state index contributed by atoms with van der Waals surface area (Å²) in [4.78, 5) is 11.6. The van der Waals surface area contributed by atoms with E-state index < -0.39 is 5.97 Å². The Labute approximate surface area is 97.4 Å². The van der Waals surface area contributed by atoms with E-state index in [9.17, 15) is 4.79 Å². The number of aliphatic carboxylic acids is 1. The monoisotopic (exact) mass is 245 g/mol. The second kappa shape index (κ2) is 5.30. The zero-order valence-corrected chi connectivity index (χ0v) is 9.86. The van der Waals surface area contributed by atoms with E-state index in [1.165, 1.54) is 11.3 Å². The van der Waals surface area contributed by atoms with Crippen LogP contribution >= 0.6 is 22.9 Å². The van der Waals surface area contributed by atoms with Crippen LogP contribution in [0, 0.1) is 0 Å². The third-order valence-corrected chi connectivity index (χ3v) is 3.36. The molecule has 0 fully saturated rings. The first-order chi connectivity index (χ1) is 7.00. The van der Waals surface area contributed by atoms with Crippen LogP contribution in [0.25, 0.3) is 0 Å². The number of hydrogen-bond donors (Lipinski definition) is 2. The summed E-state index contributed by atoms with van der Waals surface area (Å²) in [5, 5.41) is 11.7. The highest BCUT2D eigenvalue weighted by molar-refractivity contribution is 7.16. The van der Waals surface area contributed by atoms with Crippen molar-refractivity contribution in [2.24, 2.45) is 0 Å². The standard InChI is InChI=1S/C10H12ClNO2S/c1-6(10(13)14)5-12-7(2)8-3-4-9(11)15-8/h3-4,7,12H,1,5H2,2H3,(H,13,14). The average Bonchev–Trinajstić information content (AvgIpc) is 2.60. The van der Waals surface area contributed by atoms with Crippen molar-refractivity contribution >= 4 is 28.9 Å². The van der Waals surface area contributed by atoms with Gasteiger partial charge in [0.2, 0.25) is 0 Å². The van der Waals surface area contributed by atoms with Gasteiger partial charge in [-0.3, -0.25) is 0 Å². The molecule has 1 aromatic heterocycles. The second-order valence-corrected chi connectivity index (χ2v) is 4.90. The number of rotatable bonds is 5. The Morgan fingerprint density at radius 2 is 2.40 bits per heavy atom. The lowest BCUT2D eigenvalue weighted by Gasteiger charge is -2.11. The molecule has 1 heterocycles. The zero-order chi connectivity index (χ0) is 11.4. The number of carboxylic acids is 1. The molecule has 0 spiro atoms. The van der Waals surface area contributed by atoms with Crippen LogP contribution in [0.1, 0.15) is 17.8 Å². The predicted molar refractivity (Wildman–Crippen MR) is 62.5 cm³/mol. The minimum Gasteiger partial charge on any atom is -0.478 e. The van der Waals surface area contributed by atoms with E-state index in [4.69, 9.17) is 16.7 Å². The minimum atomic E-state index is -0.973. The first kappa shape index (κ1) is 12.2. The molecular formula is C10H12ClNO2S. The largest absolute Gasteiger partial charge is 0.478 e. The summed E-state index contributed by atoms with van der Waals surface area (Å²) in [7, 11) is 0. The molecule has 3 nitrogen and oxygen atoms in total.